The summed E-state index contributed by atoms with van der Waals surface area (Å²) in [5, 5.41) is 8.63. The summed E-state index contributed by atoms with van der Waals surface area (Å²) in [5.41, 5.74) is 1.17. The predicted octanol–water partition coefficient (Wildman–Crippen LogP) is 0.555. The van der Waals surface area contributed by atoms with E-state index >= 15 is 0 Å². The topological polar surface area (TPSA) is 33.1 Å². The Bertz CT molecular complexity index is 262. The number of nitrogens with zero attached hydrogens (tertiary/aromatic N) is 1. The van der Waals surface area contributed by atoms with Crippen LogP contribution in [0.15, 0.2) is 18.2 Å². The zero-order valence-electron chi connectivity index (χ0n) is 5.41. The summed E-state index contributed by atoms with van der Waals surface area (Å²) in [6.45, 7) is -0.0600. The maximum absolute atomic E-state index is 8.63. The lowest BCUT2D eigenvalue weighted by molar-refractivity contribution is 0.277. The molecule has 0 radical (unpaired) electrons. The van der Waals surface area contributed by atoms with Crippen molar-refractivity contribution in [3.63, 3.8) is 0 Å². The number of pyridine rings is 1. The molecule has 0 saturated carbocycles. The maximum atomic E-state index is 8.63. The second kappa shape index (κ2) is 3.00. The Labute approximate surface area is 59.5 Å². The Balaban J connectivity index is 3.01. The lowest BCUT2D eigenvalue weighted by Gasteiger charge is -1.93. The summed E-state index contributed by atoms with van der Waals surface area (Å²) in [5.74, 6) is 2.38. The first-order chi connectivity index (χ1) is 4.86. The summed E-state index contributed by atoms with van der Waals surface area (Å²) in [4.78, 5) is 3.92. The first-order valence-electron chi connectivity index (χ1n) is 2.90. The minimum Gasteiger partial charge on any atom is -0.390 e. The molecule has 2 nitrogen and oxygen atoms in total. The number of aromatic nitrogens is 1. The molecule has 0 fully saturated rings. The van der Waals surface area contributed by atoms with Crippen LogP contribution in [0.25, 0.3) is 0 Å². The SMILES string of the molecule is C#Cc1cccc(CO)n1. The van der Waals surface area contributed by atoms with Crippen molar-refractivity contribution in [2.75, 3.05) is 0 Å². The summed E-state index contributed by atoms with van der Waals surface area (Å²) in [7, 11) is 0. The van der Waals surface area contributed by atoms with Crippen molar-refractivity contribution in [1.82, 2.24) is 4.98 Å². The van der Waals surface area contributed by atoms with Crippen LogP contribution in [0.2, 0.25) is 0 Å². The van der Waals surface area contributed by atoms with Gasteiger partial charge in [0.05, 0.1) is 12.3 Å². The molecule has 1 aromatic rings. The minimum atomic E-state index is -0.0600. The van der Waals surface area contributed by atoms with Gasteiger partial charge in [0.25, 0.3) is 0 Å². The Morgan fingerprint density at radius 2 is 2.40 bits per heavy atom. The van der Waals surface area contributed by atoms with Gasteiger partial charge in [0.15, 0.2) is 0 Å². The van der Waals surface area contributed by atoms with E-state index in [1.54, 1.807) is 18.2 Å². The van der Waals surface area contributed by atoms with Gasteiger partial charge in [0, 0.05) is 0 Å². The van der Waals surface area contributed by atoms with Crippen LogP contribution >= 0.6 is 0 Å². The number of aliphatic hydroxyl groups excluding tert-OH is 1. The zero-order chi connectivity index (χ0) is 7.40. The van der Waals surface area contributed by atoms with Crippen LogP contribution in [-0.4, -0.2) is 10.1 Å². The molecule has 0 amide bonds. The van der Waals surface area contributed by atoms with Gasteiger partial charge in [-0.25, -0.2) is 4.98 Å². The fraction of sp³-hybridized carbons (Fsp3) is 0.125. The van der Waals surface area contributed by atoms with Gasteiger partial charge in [-0.3, -0.25) is 0 Å². The quantitative estimate of drug-likeness (QED) is 0.568. The van der Waals surface area contributed by atoms with Crippen molar-refractivity contribution < 1.29 is 5.11 Å². The molecule has 10 heavy (non-hydrogen) atoms. The summed E-state index contributed by atoms with van der Waals surface area (Å²) in [6.07, 6.45) is 5.08. The van der Waals surface area contributed by atoms with Crippen LogP contribution in [-0.2, 0) is 6.61 Å². The molecular weight excluding hydrogens is 126 g/mol. The molecule has 1 heterocycles. The van der Waals surface area contributed by atoms with E-state index in [1.165, 1.54) is 0 Å². The van der Waals surface area contributed by atoms with Crippen LogP contribution in [0, 0.1) is 12.3 Å². The van der Waals surface area contributed by atoms with Crippen molar-refractivity contribution in [3.8, 4) is 12.3 Å². The Morgan fingerprint density at radius 1 is 1.60 bits per heavy atom. The van der Waals surface area contributed by atoms with Gasteiger partial charge in [0.1, 0.15) is 5.69 Å². The van der Waals surface area contributed by atoms with E-state index in [0.29, 0.717) is 11.4 Å². The lowest BCUT2D eigenvalue weighted by atomic mass is 10.3. The monoisotopic (exact) mass is 133 g/mol. The third kappa shape index (κ3) is 1.34. The number of rotatable bonds is 1. The van der Waals surface area contributed by atoms with Gasteiger partial charge in [-0.15, -0.1) is 6.42 Å². The molecule has 0 aliphatic heterocycles. The van der Waals surface area contributed by atoms with E-state index < -0.39 is 0 Å². The number of hydrogen-bond donors (Lipinski definition) is 1. The molecule has 0 atom stereocenters. The van der Waals surface area contributed by atoms with Crippen molar-refractivity contribution >= 4 is 0 Å². The van der Waals surface area contributed by atoms with E-state index in [1.807, 2.05) is 0 Å². The molecule has 0 spiro atoms. The first kappa shape index (κ1) is 6.79. The summed E-state index contributed by atoms with van der Waals surface area (Å²) >= 11 is 0. The summed E-state index contributed by atoms with van der Waals surface area (Å²) < 4.78 is 0. The minimum absolute atomic E-state index is 0.0600. The number of terminal acetylenes is 1. The van der Waals surface area contributed by atoms with E-state index in [0.717, 1.165) is 0 Å². The van der Waals surface area contributed by atoms with Crippen molar-refractivity contribution in [2.24, 2.45) is 0 Å². The molecule has 1 aromatic heterocycles. The van der Waals surface area contributed by atoms with Gasteiger partial charge in [-0.05, 0) is 12.1 Å². The molecule has 0 bridgehead atoms. The third-order valence-electron chi connectivity index (χ3n) is 1.12. The average Bonchev–Trinajstić information content (AvgIpc) is 2.05. The molecular formula is C8H7NO. The van der Waals surface area contributed by atoms with Crippen LogP contribution in [0.1, 0.15) is 11.4 Å². The second-order valence-electron chi connectivity index (χ2n) is 1.82. The van der Waals surface area contributed by atoms with Crippen molar-refractivity contribution in [2.45, 2.75) is 6.61 Å². The van der Waals surface area contributed by atoms with Gasteiger partial charge in [-0.1, -0.05) is 12.0 Å². The van der Waals surface area contributed by atoms with Crippen LogP contribution in [0.5, 0.6) is 0 Å². The molecule has 0 saturated heterocycles. The maximum Gasteiger partial charge on any atom is 0.113 e. The normalized spacial score (nSPS) is 8.80. The van der Waals surface area contributed by atoms with Crippen molar-refractivity contribution in [1.29, 1.82) is 0 Å². The van der Waals surface area contributed by atoms with Crippen LogP contribution in [0.3, 0.4) is 0 Å². The van der Waals surface area contributed by atoms with Gasteiger partial charge >= 0.3 is 0 Å². The Kier molecular flexibility index (Phi) is 2.03. The zero-order valence-corrected chi connectivity index (χ0v) is 5.41. The first-order valence-corrected chi connectivity index (χ1v) is 2.90. The molecule has 0 aromatic carbocycles. The molecule has 50 valence electrons. The summed E-state index contributed by atoms with van der Waals surface area (Å²) in [6, 6.07) is 5.22. The molecule has 0 unspecified atom stereocenters. The highest BCUT2D eigenvalue weighted by molar-refractivity contribution is 5.25. The Morgan fingerprint density at radius 3 is 3.00 bits per heavy atom. The van der Waals surface area contributed by atoms with Gasteiger partial charge in [0.2, 0.25) is 0 Å². The van der Waals surface area contributed by atoms with E-state index in [9.17, 15) is 0 Å². The van der Waals surface area contributed by atoms with E-state index in [-0.39, 0.29) is 6.61 Å². The van der Waals surface area contributed by atoms with Crippen LogP contribution in [0.4, 0.5) is 0 Å². The molecule has 0 aliphatic carbocycles. The fourth-order valence-corrected chi connectivity index (χ4v) is 0.648. The number of aliphatic hydroxyl groups is 1. The second-order valence-corrected chi connectivity index (χ2v) is 1.82. The van der Waals surface area contributed by atoms with Crippen LogP contribution < -0.4 is 0 Å². The lowest BCUT2D eigenvalue weighted by Crippen LogP contribution is -1.90. The largest absolute Gasteiger partial charge is 0.390 e. The van der Waals surface area contributed by atoms with Crippen molar-refractivity contribution in [3.05, 3.63) is 29.6 Å². The highest BCUT2D eigenvalue weighted by Gasteiger charge is 1.90. The average molecular weight is 133 g/mol. The predicted molar refractivity (Wildman–Crippen MR) is 38.1 cm³/mol. The van der Waals surface area contributed by atoms with Gasteiger partial charge < -0.3 is 5.11 Å². The number of hydrogen-bond acceptors (Lipinski definition) is 2. The highest BCUT2D eigenvalue weighted by atomic mass is 16.3. The highest BCUT2D eigenvalue weighted by Crippen LogP contribution is 1.96. The smallest absolute Gasteiger partial charge is 0.113 e. The fourth-order valence-electron chi connectivity index (χ4n) is 0.648. The molecule has 1 rings (SSSR count). The Hall–Kier alpha value is -1.33. The van der Waals surface area contributed by atoms with Gasteiger partial charge in [-0.2, -0.15) is 0 Å². The third-order valence-corrected chi connectivity index (χ3v) is 1.12. The standard InChI is InChI=1S/C8H7NO/c1-2-7-4-3-5-8(6-10)9-7/h1,3-5,10H,6H2. The van der Waals surface area contributed by atoms with E-state index in [4.69, 9.17) is 11.5 Å². The molecule has 0 aliphatic rings. The molecule has 2 heteroatoms. The van der Waals surface area contributed by atoms with E-state index in [2.05, 4.69) is 10.9 Å². The molecule has 1 N–H and O–H groups in total.